The molecular weight excluding hydrogens is 240 g/mol. The van der Waals surface area contributed by atoms with Crippen molar-refractivity contribution in [1.82, 2.24) is 0 Å². The molecule has 1 heterocycles. The quantitative estimate of drug-likeness (QED) is 0.866. The first-order chi connectivity index (χ1) is 8.96. The lowest BCUT2D eigenvalue weighted by Gasteiger charge is -2.45. The van der Waals surface area contributed by atoms with Gasteiger partial charge in [0.05, 0.1) is 20.3 Å². The van der Waals surface area contributed by atoms with Crippen molar-refractivity contribution >= 4 is 0 Å². The van der Waals surface area contributed by atoms with Gasteiger partial charge in [0, 0.05) is 18.0 Å². The van der Waals surface area contributed by atoms with Crippen molar-refractivity contribution < 1.29 is 9.47 Å². The molecule has 4 N–H and O–H groups in total. The predicted octanol–water partition coefficient (Wildman–Crippen LogP) is 1.60. The fourth-order valence-electron chi connectivity index (χ4n) is 2.85. The van der Waals surface area contributed by atoms with Crippen LogP contribution in [0.3, 0.4) is 0 Å². The number of hydrogen-bond acceptors (Lipinski definition) is 4. The topological polar surface area (TPSA) is 70.5 Å². The number of aryl methyl sites for hydroxylation is 1. The Labute approximate surface area is 115 Å². The van der Waals surface area contributed by atoms with Gasteiger partial charge in [0.2, 0.25) is 0 Å². The van der Waals surface area contributed by atoms with Crippen LogP contribution in [0, 0.1) is 26.2 Å². The lowest BCUT2D eigenvalue weighted by Crippen LogP contribution is -2.55. The van der Waals surface area contributed by atoms with Gasteiger partial charge >= 0.3 is 0 Å². The van der Waals surface area contributed by atoms with Crippen LogP contribution in [-0.4, -0.2) is 26.9 Å². The first-order valence-electron chi connectivity index (χ1n) is 6.65. The van der Waals surface area contributed by atoms with Crippen molar-refractivity contribution in [3.63, 3.8) is 0 Å². The minimum Gasteiger partial charge on any atom is -0.496 e. The van der Waals surface area contributed by atoms with Crippen LogP contribution in [0.1, 0.15) is 28.3 Å². The summed E-state index contributed by atoms with van der Waals surface area (Å²) in [6.07, 6.45) is 0. The highest BCUT2D eigenvalue weighted by atomic mass is 16.5. The third-order valence-electron chi connectivity index (χ3n) is 4.45. The highest BCUT2D eigenvalue weighted by molar-refractivity contribution is 5.50. The van der Waals surface area contributed by atoms with Gasteiger partial charge in [0.25, 0.3) is 0 Å². The molecule has 0 amide bonds. The van der Waals surface area contributed by atoms with E-state index in [4.69, 9.17) is 20.9 Å². The average Bonchev–Trinajstić information content (AvgIpc) is 2.33. The van der Waals surface area contributed by atoms with Gasteiger partial charge in [0.1, 0.15) is 5.75 Å². The van der Waals surface area contributed by atoms with E-state index in [-0.39, 0.29) is 11.5 Å². The van der Waals surface area contributed by atoms with Gasteiger partial charge in [-0.1, -0.05) is 6.07 Å². The summed E-state index contributed by atoms with van der Waals surface area (Å²) < 4.78 is 10.8. The van der Waals surface area contributed by atoms with Crippen molar-refractivity contribution in [3.05, 3.63) is 28.3 Å². The molecular formula is C15H24N2O2. The molecule has 2 rings (SSSR count). The summed E-state index contributed by atoms with van der Waals surface area (Å²) in [7, 11) is 1.70. The lowest BCUT2D eigenvalue weighted by atomic mass is 9.74. The molecule has 1 aromatic carbocycles. The maximum absolute atomic E-state index is 6.48. The molecule has 1 saturated heterocycles. The molecule has 1 aliphatic heterocycles. The van der Waals surface area contributed by atoms with E-state index in [2.05, 4.69) is 19.9 Å². The van der Waals surface area contributed by atoms with Crippen LogP contribution in [0.25, 0.3) is 0 Å². The number of methoxy groups -OCH3 is 1. The standard InChI is InChI=1S/C15H24N2O2/c1-9-5-12(10(2)11(3)13(9)18-4)14(17)15(6-16)7-19-8-15/h5,14H,6-8,16-17H2,1-4H3. The maximum Gasteiger partial charge on any atom is 0.124 e. The summed E-state index contributed by atoms with van der Waals surface area (Å²) >= 11 is 0. The molecule has 0 radical (unpaired) electrons. The number of ether oxygens (including phenoxy) is 2. The van der Waals surface area contributed by atoms with E-state index in [0.29, 0.717) is 19.8 Å². The molecule has 0 aliphatic carbocycles. The van der Waals surface area contributed by atoms with Gasteiger partial charge in [-0.15, -0.1) is 0 Å². The number of benzene rings is 1. The summed E-state index contributed by atoms with van der Waals surface area (Å²) in [6.45, 7) is 8.06. The average molecular weight is 264 g/mol. The third-order valence-corrected chi connectivity index (χ3v) is 4.45. The molecule has 0 bridgehead atoms. The largest absolute Gasteiger partial charge is 0.496 e. The second-order valence-electron chi connectivity index (χ2n) is 5.60. The molecule has 1 aromatic rings. The normalized spacial score (nSPS) is 18.8. The number of hydrogen-bond donors (Lipinski definition) is 2. The van der Waals surface area contributed by atoms with Gasteiger partial charge in [0.15, 0.2) is 0 Å². The maximum atomic E-state index is 6.48. The minimum absolute atomic E-state index is 0.0884. The van der Waals surface area contributed by atoms with Crippen LogP contribution in [0.4, 0.5) is 0 Å². The van der Waals surface area contributed by atoms with Crippen LogP contribution in [0.5, 0.6) is 5.75 Å². The van der Waals surface area contributed by atoms with Gasteiger partial charge in [-0.3, -0.25) is 0 Å². The van der Waals surface area contributed by atoms with Crippen LogP contribution < -0.4 is 16.2 Å². The van der Waals surface area contributed by atoms with Crippen LogP contribution in [0.15, 0.2) is 6.07 Å². The molecule has 106 valence electrons. The summed E-state index contributed by atoms with van der Waals surface area (Å²) in [5, 5.41) is 0. The Hall–Kier alpha value is -1.10. The Kier molecular flexibility index (Phi) is 3.85. The van der Waals surface area contributed by atoms with Crippen LogP contribution in [0.2, 0.25) is 0 Å². The van der Waals surface area contributed by atoms with Crippen molar-refractivity contribution in [2.45, 2.75) is 26.8 Å². The molecule has 4 heteroatoms. The summed E-state index contributed by atoms with van der Waals surface area (Å²) in [5.41, 5.74) is 16.9. The van der Waals surface area contributed by atoms with Gasteiger partial charge < -0.3 is 20.9 Å². The fourth-order valence-corrected chi connectivity index (χ4v) is 2.85. The molecule has 1 atom stereocenters. The highest BCUT2D eigenvalue weighted by Gasteiger charge is 2.44. The first kappa shape index (κ1) is 14.3. The van der Waals surface area contributed by atoms with E-state index in [1.165, 1.54) is 5.56 Å². The Morgan fingerprint density at radius 1 is 1.32 bits per heavy atom. The van der Waals surface area contributed by atoms with E-state index in [0.717, 1.165) is 22.4 Å². The Balaban J connectivity index is 2.46. The van der Waals surface area contributed by atoms with Crippen molar-refractivity contribution in [1.29, 1.82) is 0 Å². The number of nitrogens with two attached hydrogens (primary N) is 2. The van der Waals surface area contributed by atoms with Gasteiger partial charge in [-0.25, -0.2) is 0 Å². The summed E-state index contributed by atoms with van der Waals surface area (Å²) in [4.78, 5) is 0. The Bertz CT molecular complexity index is 476. The van der Waals surface area contributed by atoms with E-state index in [1.807, 2.05) is 6.92 Å². The zero-order valence-corrected chi connectivity index (χ0v) is 12.2. The van der Waals surface area contributed by atoms with E-state index >= 15 is 0 Å². The Morgan fingerprint density at radius 2 is 1.95 bits per heavy atom. The molecule has 0 spiro atoms. The molecule has 1 aliphatic rings. The SMILES string of the molecule is COc1c(C)cc(C(N)C2(CN)COC2)c(C)c1C. The molecule has 0 aromatic heterocycles. The third kappa shape index (κ3) is 2.14. The summed E-state index contributed by atoms with van der Waals surface area (Å²) in [6, 6.07) is 2.04. The minimum atomic E-state index is -0.113. The van der Waals surface area contributed by atoms with Crippen molar-refractivity contribution in [2.24, 2.45) is 16.9 Å². The highest BCUT2D eigenvalue weighted by Crippen LogP contribution is 2.41. The second kappa shape index (κ2) is 5.12. The molecule has 19 heavy (non-hydrogen) atoms. The number of rotatable bonds is 4. The molecule has 1 fully saturated rings. The predicted molar refractivity (Wildman–Crippen MR) is 76.4 cm³/mol. The van der Waals surface area contributed by atoms with Crippen molar-refractivity contribution in [2.75, 3.05) is 26.9 Å². The summed E-state index contributed by atoms with van der Waals surface area (Å²) in [5.74, 6) is 0.945. The van der Waals surface area contributed by atoms with E-state index < -0.39 is 0 Å². The first-order valence-corrected chi connectivity index (χ1v) is 6.65. The van der Waals surface area contributed by atoms with Gasteiger partial charge in [-0.05, 0) is 43.0 Å². The Morgan fingerprint density at radius 3 is 2.37 bits per heavy atom. The molecule has 1 unspecified atom stereocenters. The fraction of sp³-hybridized carbons (Fsp3) is 0.600. The zero-order valence-electron chi connectivity index (χ0n) is 12.2. The van der Waals surface area contributed by atoms with Gasteiger partial charge in [-0.2, -0.15) is 0 Å². The van der Waals surface area contributed by atoms with E-state index in [1.54, 1.807) is 7.11 Å². The molecule has 4 nitrogen and oxygen atoms in total. The smallest absolute Gasteiger partial charge is 0.124 e. The van der Waals surface area contributed by atoms with E-state index in [9.17, 15) is 0 Å². The van der Waals surface area contributed by atoms with Crippen LogP contribution in [-0.2, 0) is 4.74 Å². The second-order valence-corrected chi connectivity index (χ2v) is 5.60. The van der Waals surface area contributed by atoms with Crippen molar-refractivity contribution in [3.8, 4) is 5.75 Å². The zero-order chi connectivity index (χ0) is 14.2. The lowest BCUT2D eigenvalue weighted by molar-refractivity contribution is -0.121. The van der Waals surface area contributed by atoms with Crippen LogP contribution >= 0.6 is 0 Å². The monoisotopic (exact) mass is 264 g/mol. The molecule has 0 saturated carbocycles.